The smallest absolute Gasteiger partial charge is 0.217 e. The number of aliphatic imine (C=N–C) groups is 2. The Bertz CT molecular complexity index is 645. The highest BCUT2D eigenvalue weighted by molar-refractivity contribution is 7.10. The van der Waals surface area contributed by atoms with E-state index in [4.69, 9.17) is 10.5 Å². The number of nitrogens with zero attached hydrogens (tertiary/aromatic N) is 4. The Morgan fingerprint density at radius 1 is 1.45 bits per heavy atom. The lowest BCUT2D eigenvalue weighted by atomic mass is 9.87. The molecule has 2 unspecified atom stereocenters. The van der Waals surface area contributed by atoms with E-state index in [2.05, 4.69) is 26.1 Å². The van der Waals surface area contributed by atoms with Crippen LogP contribution in [0.4, 0.5) is 0 Å². The normalized spacial score (nSPS) is 31.4. The van der Waals surface area contributed by atoms with E-state index in [1.807, 2.05) is 18.5 Å². The van der Waals surface area contributed by atoms with Gasteiger partial charge in [0.2, 0.25) is 5.96 Å². The molecule has 0 spiro atoms. The fourth-order valence-electron chi connectivity index (χ4n) is 3.41. The number of hydrogen-bond acceptors (Lipinski definition) is 7. The largest absolute Gasteiger partial charge is 0.379 e. The van der Waals surface area contributed by atoms with Crippen LogP contribution in [-0.4, -0.2) is 47.0 Å². The van der Waals surface area contributed by atoms with Gasteiger partial charge < -0.3 is 15.4 Å². The van der Waals surface area contributed by atoms with Crippen molar-refractivity contribution in [2.24, 2.45) is 21.6 Å². The Balaban J connectivity index is 1.74. The summed E-state index contributed by atoms with van der Waals surface area (Å²) >= 11 is 1.68. The summed E-state index contributed by atoms with van der Waals surface area (Å²) < 4.78 is 5.58. The van der Waals surface area contributed by atoms with Crippen LogP contribution in [0.1, 0.15) is 24.8 Å². The molecule has 0 amide bonds. The number of aromatic nitrogens is 1. The van der Waals surface area contributed by atoms with Crippen molar-refractivity contribution in [3.63, 3.8) is 0 Å². The van der Waals surface area contributed by atoms with E-state index in [1.54, 1.807) is 11.3 Å². The van der Waals surface area contributed by atoms with E-state index in [1.165, 1.54) is 5.57 Å². The number of ether oxygens (including phenoxy) is 1. The van der Waals surface area contributed by atoms with Gasteiger partial charge in [-0.3, -0.25) is 0 Å². The highest BCUT2D eigenvalue weighted by atomic mass is 32.1. The highest BCUT2D eigenvalue weighted by Gasteiger charge is 2.39. The lowest BCUT2D eigenvalue weighted by Gasteiger charge is -2.42. The molecular weight excluding hydrogens is 298 g/mol. The molecule has 0 bridgehead atoms. The van der Waals surface area contributed by atoms with Gasteiger partial charge in [-0.15, -0.1) is 11.3 Å². The van der Waals surface area contributed by atoms with Crippen LogP contribution < -0.4 is 5.73 Å². The summed E-state index contributed by atoms with van der Waals surface area (Å²) in [5.41, 5.74) is 8.21. The van der Waals surface area contributed by atoms with Gasteiger partial charge in [-0.25, -0.2) is 15.0 Å². The molecule has 7 heteroatoms. The minimum Gasteiger partial charge on any atom is -0.379 e. The molecule has 1 fully saturated rings. The molecule has 4 heterocycles. The molecule has 3 atom stereocenters. The number of thiazole rings is 1. The minimum absolute atomic E-state index is 0.0351. The average Bonchev–Trinajstić information content (AvgIpc) is 3.20. The lowest BCUT2D eigenvalue weighted by molar-refractivity contribution is 0.132. The molecule has 1 aromatic rings. The number of allylic oxidation sites excluding steroid dienone is 1. The van der Waals surface area contributed by atoms with E-state index in [-0.39, 0.29) is 12.1 Å². The molecule has 6 nitrogen and oxygen atoms in total. The zero-order valence-corrected chi connectivity index (χ0v) is 13.3. The second-order valence-corrected chi connectivity index (χ2v) is 6.82. The zero-order valence-electron chi connectivity index (χ0n) is 12.5. The first kappa shape index (κ1) is 13.9. The van der Waals surface area contributed by atoms with E-state index >= 15 is 0 Å². The van der Waals surface area contributed by atoms with Gasteiger partial charge in [0.25, 0.3) is 0 Å². The van der Waals surface area contributed by atoms with Crippen LogP contribution in [0.5, 0.6) is 0 Å². The number of rotatable bonds is 2. The van der Waals surface area contributed by atoms with E-state index in [0.29, 0.717) is 12.0 Å². The first-order valence-electron chi connectivity index (χ1n) is 7.56. The maximum atomic E-state index is 5.90. The van der Waals surface area contributed by atoms with Crippen molar-refractivity contribution < 1.29 is 4.74 Å². The molecule has 0 saturated carbocycles. The Labute approximate surface area is 133 Å². The van der Waals surface area contributed by atoms with Gasteiger partial charge in [-0.1, -0.05) is 0 Å². The lowest BCUT2D eigenvalue weighted by Crippen LogP contribution is -2.50. The van der Waals surface area contributed by atoms with Crippen LogP contribution >= 0.6 is 11.3 Å². The van der Waals surface area contributed by atoms with Gasteiger partial charge in [-0.2, -0.15) is 0 Å². The molecule has 2 N–H and O–H groups in total. The summed E-state index contributed by atoms with van der Waals surface area (Å²) in [5.74, 6) is 0.644. The second kappa shape index (κ2) is 5.48. The van der Waals surface area contributed by atoms with Crippen molar-refractivity contribution in [2.75, 3.05) is 13.2 Å². The Hall–Kier alpha value is -1.73. The second-order valence-electron chi connectivity index (χ2n) is 5.92. The van der Waals surface area contributed by atoms with E-state index in [0.717, 1.165) is 36.8 Å². The highest BCUT2D eigenvalue weighted by Crippen LogP contribution is 2.38. The van der Waals surface area contributed by atoms with Crippen LogP contribution in [0.15, 0.2) is 27.8 Å². The first-order chi connectivity index (χ1) is 10.7. The third-order valence-electron chi connectivity index (χ3n) is 4.54. The summed E-state index contributed by atoms with van der Waals surface area (Å²) in [6, 6.07) is 0.352. The summed E-state index contributed by atoms with van der Waals surface area (Å²) in [6.07, 6.45) is 6.04. The van der Waals surface area contributed by atoms with Crippen molar-refractivity contribution in [2.45, 2.75) is 32.0 Å². The number of guanidine groups is 1. The molecule has 3 aliphatic rings. The molecule has 22 heavy (non-hydrogen) atoms. The molecular formula is C15H19N5OS. The van der Waals surface area contributed by atoms with Crippen molar-refractivity contribution >= 4 is 28.6 Å². The molecule has 4 rings (SSSR count). The predicted molar refractivity (Wildman–Crippen MR) is 87.8 cm³/mol. The van der Waals surface area contributed by atoms with Gasteiger partial charge in [0.1, 0.15) is 11.2 Å². The van der Waals surface area contributed by atoms with Crippen LogP contribution in [0.3, 0.4) is 0 Å². The number of nitrogens with two attached hydrogens (primary N) is 1. The van der Waals surface area contributed by atoms with Crippen LogP contribution in [0.2, 0.25) is 0 Å². The number of hydrogen-bond donors (Lipinski definition) is 1. The van der Waals surface area contributed by atoms with Crippen LogP contribution in [0, 0.1) is 5.92 Å². The van der Waals surface area contributed by atoms with E-state index in [9.17, 15) is 0 Å². The third kappa shape index (κ3) is 2.34. The fourth-order valence-corrected chi connectivity index (χ4v) is 4.07. The maximum absolute atomic E-state index is 5.90. The maximum Gasteiger partial charge on any atom is 0.217 e. The number of fused-ring (bicyclic) bond motifs is 1. The van der Waals surface area contributed by atoms with Crippen LogP contribution in [-0.2, 0) is 4.74 Å². The van der Waals surface area contributed by atoms with Crippen molar-refractivity contribution in [3.05, 3.63) is 22.8 Å². The van der Waals surface area contributed by atoms with E-state index < -0.39 is 0 Å². The topological polar surface area (TPSA) is 76.1 Å². The quantitative estimate of drug-likeness (QED) is 0.901. The molecule has 1 aromatic heterocycles. The zero-order chi connectivity index (χ0) is 15.1. The molecule has 1 saturated heterocycles. The summed E-state index contributed by atoms with van der Waals surface area (Å²) in [7, 11) is 0. The molecule has 0 radical (unpaired) electrons. The minimum atomic E-state index is 0.0351. The average molecular weight is 317 g/mol. The summed E-state index contributed by atoms with van der Waals surface area (Å²) in [6.45, 7) is 3.61. The third-order valence-corrected chi connectivity index (χ3v) is 5.39. The Morgan fingerprint density at radius 3 is 3.09 bits per heavy atom. The predicted octanol–water partition coefficient (Wildman–Crippen LogP) is 1.71. The monoisotopic (exact) mass is 317 g/mol. The molecule has 3 aliphatic heterocycles. The van der Waals surface area contributed by atoms with Gasteiger partial charge >= 0.3 is 0 Å². The SMILES string of the molecule is CC1=NC(N)=NC2C1CC(c1nccs1)=CN2[C@@H]1CCOC1. The first-order valence-corrected chi connectivity index (χ1v) is 8.44. The molecule has 0 aliphatic carbocycles. The van der Waals surface area contributed by atoms with Gasteiger partial charge in [0.15, 0.2) is 0 Å². The van der Waals surface area contributed by atoms with Crippen molar-refractivity contribution in [1.29, 1.82) is 0 Å². The molecule has 116 valence electrons. The standard InChI is InChI=1S/C15H19N5OS/c1-9-12-6-10(14-17-3-5-22-14)7-20(11-2-4-21-8-11)13(12)19-15(16)18-9/h3,5,7,11-13H,2,4,6,8H2,1H3,(H2,16,19)/t11-,12?,13?/m1/s1. The fraction of sp³-hybridized carbons (Fsp3) is 0.533. The molecule has 0 aromatic carbocycles. The van der Waals surface area contributed by atoms with Gasteiger partial charge in [0, 0.05) is 41.6 Å². The van der Waals surface area contributed by atoms with Gasteiger partial charge in [0.05, 0.1) is 12.6 Å². The van der Waals surface area contributed by atoms with Crippen LogP contribution in [0.25, 0.3) is 5.57 Å². The van der Waals surface area contributed by atoms with Crippen molar-refractivity contribution in [1.82, 2.24) is 9.88 Å². The van der Waals surface area contributed by atoms with Crippen molar-refractivity contribution in [3.8, 4) is 0 Å². The summed E-state index contributed by atoms with van der Waals surface area (Å²) in [4.78, 5) is 15.8. The summed E-state index contributed by atoms with van der Waals surface area (Å²) in [5, 5.41) is 3.10. The Morgan fingerprint density at radius 2 is 2.36 bits per heavy atom. The van der Waals surface area contributed by atoms with Gasteiger partial charge in [-0.05, 0) is 19.8 Å². The Kier molecular flexibility index (Phi) is 3.46.